The first-order valence-electron chi connectivity index (χ1n) is 9.35. The van der Waals surface area contributed by atoms with Crippen molar-refractivity contribution in [3.63, 3.8) is 0 Å². The van der Waals surface area contributed by atoms with Crippen LogP contribution in [0.1, 0.15) is 30.6 Å². The summed E-state index contributed by atoms with van der Waals surface area (Å²) in [5, 5.41) is -0.858. The Kier molecular flexibility index (Phi) is 6.33. The van der Waals surface area contributed by atoms with Crippen molar-refractivity contribution in [2.75, 3.05) is 37.7 Å². The molecule has 1 aromatic carbocycles. The molecule has 2 heterocycles. The minimum absolute atomic E-state index is 0.0151. The SMILES string of the molecule is CCOC(=O)C1CC(S(=O)(=O)N2CCN(c3ccc(C(C)=O)cc3)CC2)NN1. The predicted octanol–water partition coefficient (Wildman–Crippen LogP) is 0.0967. The average Bonchev–Trinajstić information content (AvgIpc) is 3.20. The molecule has 0 saturated carbocycles. The number of rotatable bonds is 6. The van der Waals surface area contributed by atoms with Gasteiger partial charge in [-0.2, -0.15) is 4.31 Å². The molecule has 0 spiro atoms. The van der Waals surface area contributed by atoms with E-state index >= 15 is 0 Å². The Morgan fingerprint density at radius 2 is 1.75 bits per heavy atom. The van der Waals surface area contributed by atoms with Crippen molar-refractivity contribution in [1.29, 1.82) is 0 Å². The average molecular weight is 410 g/mol. The van der Waals surface area contributed by atoms with Crippen LogP contribution in [0, 0.1) is 0 Å². The minimum Gasteiger partial charge on any atom is -0.465 e. The lowest BCUT2D eigenvalue weighted by Crippen LogP contribution is -2.53. The fraction of sp³-hybridized carbons (Fsp3) is 0.556. The normalized spacial score (nSPS) is 23.6. The molecule has 2 aliphatic rings. The standard InChI is InChI=1S/C18H26N4O5S/c1-3-27-18(24)16-12-17(20-19-16)28(25,26)22-10-8-21(9-11-22)15-6-4-14(5-7-15)13(2)23/h4-7,16-17,19-20H,3,8-12H2,1-2H3. The number of ketones is 1. The summed E-state index contributed by atoms with van der Waals surface area (Å²) in [7, 11) is -3.59. The predicted molar refractivity (Wildman–Crippen MR) is 104 cm³/mol. The third kappa shape index (κ3) is 4.35. The Morgan fingerprint density at radius 1 is 1.11 bits per heavy atom. The highest BCUT2D eigenvalue weighted by molar-refractivity contribution is 7.89. The number of anilines is 1. The summed E-state index contributed by atoms with van der Waals surface area (Å²) in [5.41, 5.74) is 7.05. The van der Waals surface area contributed by atoms with Crippen LogP contribution in [-0.2, 0) is 19.6 Å². The van der Waals surface area contributed by atoms with E-state index < -0.39 is 27.4 Å². The summed E-state index contributed by atoms with van der Waals surface area (Å²) in [6.45, 7) is 5.32. The summed E-state index contributed by atoms with van der Waals surface area (Å²) >= 11 is 0. The zero-order valence-electron chi connectivity index (χ0n) is 16.1. The molecular weight excluding hydrogens is 384 g/mol. The molecule has 0 bridgehead atoms. The molecule has 1 aromatic rings. The zero-order chi connectivity index (χ0) is 20.3. The fourth-order valence-electron chi connectivity index (χ4n) is 3.41. The van der Waals surface area contributed by atoms with Crippen LogP contribution >= 0.6 is 0 Å². The van der Waals surface area contributed by atoms with E-state index in [4.69, 9.17) is 4.74 Å². The Morgan fingerprint density at radius 3 is 2.32 bits per heavy atom. The van der Waals surface area contributed by atoms with Gasteiger partial charge in [-0.3, -0.25) is 9.59 Å². The number of hydrogen-bond acceptors (Lipinski definition) is 8. The van der Waals surface area contributed by atoms with E-state index in [1.165, 1.54) is 11.2 Å². The van der Waals surface area contributed by atoms with E-state index in [9.17, 15) is 18.0 Å². The van der Waals surface area contributed by atoms with Gasteiger partial charge in [0.15, 0.2) is 5.78 Å². The molecule has 2 aliphatic heterocycles. The number of carbonyl (C=O) groups excluding carboxylic acids is 2. The summed E-state index contributed by atoms with van der Waals surface area (Å²) in [6, 6.07) is 6.66. The molecule has 10 heteroatoms. The Bertz CT molecular complexity index is 819. The van der Waals surface area contributed by atoms with Gasteiger partial charge in [0.1, 0.15) is 11.4 Å². The smallest absolute Gasteiger partial charge is 0.324 e. The number of sulfonamides is 1. The van der Waals surface area contributed by atoms with Gasteiger partial charge in [0.25, 0.3) is 0 Å². The highest BCUT2D eigenvalue weighted by Crippen LogP contribution is 2.22. The van der Waals surface area contributed by atoms with Crippen molar-refractivity contribution in [2.45, 2.75) is 31.7 Å². The van der Waals surface area contributed by atoms with Crippen molar-refractivity contribution in [3.05, 3.63) is 29.8 Å². The lowest BCUT2D eigenvalue weighted by molar-refractivity contribution is -0.145. The van der Waals surface area contributed by atoms with E-state index in [2.05, 4.69) is 15.8 Å². The zero-order valence-corrected chi connectivity index (χ0v) is 16.9. The third-order valence-electron chi connectivity index (χ3n) is 5.04. The topological polar surface area (TPSA) is 108 Å². The molecule has 28 heavy (non-hydrogen) atoms. The molecular formula is C18H26N4O5S. The van der Waals surface area contributed by atoms with Crippen LogP contribution in [0.3, 0.4) is 0 Å². The van der Waals surface area contributed by atoms with E-state index in [0.717, 1.165) is 5.69 Å². The maximum atomic E-state index is 12.9. The summed E-state index contributed by atoms with van der Waals surface area (Å²) in [4.78, 5) is 25.3. The molecule has 9 nitrogen and oxygen atoms in total. The number of nitrogens with one attached hydrogen (secondary N) is 2. The van der Waals surface area contributed by atoms with Crippen LogP contribution in [0.2, 0.25) is 0 Å². The maximum Gasteiger partial charge on any atom is 0.324 e. The molecule has 154 valence electrons. The van der Waals surface area contributed by atoms with E-state index in [-0.39, 0.29) is 18.8 Å². The van der Waals surface area contributed by atoms with Gasteiger partial charge in [-0.25, -0.2) is 19.3 Å². The number of benzene rings is 1. The van der Waals surface area contributed by atoms with Gasteiger partial charge in [-0.15, -0.1) is 0 Å². The number of carbonyl (C=O) groups is 2. The molecule has 0 radical (unpaired) electrons. The van der Waals surface area contributed by atoms with Crippen molar-refractivity contribution < 1.29 is 22.7 Å². The summed E-state index contributed by atoms with van der Waals surface area (Å²) in [5.74, 6) is -0.437. The minimum atomic E-state index is -3.59. The molecule has 2 unspecified atom stereocenters. The fourth-order valence-corrected chi connectivity index (χ4v) is 5.09. The van der Waals surface area contributed by atoms with Crippen LogP contribution in [0.4, 0.5) is 5.69 Å². The van der Waals surface area contributed by atoms with Gasteiger partial charge in [0.05, 0.1) is 6.61 Å². The van der Waals surface area contributed by atoms with Gasteiger partial charge >= 0.3 is 5.97 Å². The van der Waals surface area contributed by atoms with Gasteiger partial charge in [0, 0.05) is 43.9 Å². The number of hydrogen-bond donors (Lipinski definition) is 2. The molecule has 0 amide bonds. The number of ether oxygens (including phenoxy) is 1. The lowest BCUT2D eigenvalue weighted by atomic mass is 10.1. The maximum absolute atomic E-state index is 12.9. The van der Waals surface area contributed by atoms with E-state index in [1.54, 1.807) is 19.1 Å². The quantitative estimate of drug-likeness (QED) is 0.502. The van der Waals surface area contributed by atoms with Crippen molar-refractivity contribution in [2.24, 2.45) is 0 Å². The van der Waals surface area contributed by atoms with Crippen LogP contribution in [0.15, 0.2) is 24.3 Å². The van der Waals surface area contributed by atoms with Gasteiger partial charge < -0.3 is 9.64 Å². The number of hydrazine groups is 1. The second-order valence-electron chi connectivity index (χ2n) is 6.85. The monoisotopic (exact) mass is 410 g/mol. The van der Waals surface area contributed by atoms with Crippen molar-refractivity contribution >= 4 is 27.5 Å². The highest BCUT2D eigenvalue weighted by atomic mass is 32.2. The summed E-state index contributed by atoms with van der Waals surface area (Å²) < 4.78 is 32.2. The van der Waals surface area contributed by atoms with Crippen LogP contribution in [-0.4, -0.2) is 68.7 Å². The van der Waals surface area contributed by atoms with Crippen molar-refractivity contribution in [3.8, 4) is 0 Å². The lowest BCUT2D eigenvalue weighted by Gasteiger charge is -2.36. The Hall–Kier alpha value is -2.01. The van der Waals surface area contributed by atoms with Crippen LogP contribution in [0.25, 0.3) is 0 Å². The van der Waals surface area contributed by atoms with Gasteiger partial charge in [-0.05, 0) is 38.1 Å². The first kappa shape index (κ1) is 20.7. The van der Waals surface area contributed by atoms with Crippen LogP contribution < -0.4 is 15.8 Å². The largest absolute Gasteiger partial charge is 0.465 e. The van der Waals surface area contributed by atoms with E-state index in [0.29, 0.717) is 31.7 Å². The molecule has 0 aromatic heterocycles. The second-order valence-corrected chi connectivity index (χ2v) is 8.97. The first-order valence-corrected chi connectivity index (χ1v) is 10.9. The highest BCUT2D eigenvalue weighted by Gasteiger charge is 2.41. The van der Waals surface area contributed by atoms with Crippen LogP contribution in [0.5, 0.6) is 0 Å². The molecule has 2 saturated heterocycles. The number of esters is 1. The first-order chi connectivity index (χ1) is 13.3. The van der Waals surface area contributed by atoms with Gasteiger partial charge in [-0.1, -0.05) is 0 Å². The second kappa shape index (κ2) is 8.56. The van der Waals surface area contributed by atoms with E-state index in [1.807, 2.05) is 12.1 Å². The molecule has 0 aliphatic carbocycles. The Labute approximate surface area is 165 Å². The molecule has 2 N–H and O–H groups in total. The van der Waals surface area contributed by atoms with Crippen molar-refractivity contribution in [1.82, 2.24) is 15.2 Å². The molecule has 2 atom stereocenters. The summed E-state index contributed by atoms with van der Waals surface area (Å²) in [6.07, 6.45) is 0.133. The Balaban J connectivity index is 1.58. The third-order valence-corrected chi connectivity index (χ3v) is 7.15. The number of Topliss-reactive ketones (excluding diaryl/α,β-unsaturated/α-hetero) is 1. The van der Waals surface area contributed by atoms with Gasteiger partial charge in [0.2, 0.25) is 10.0 Å². The number of piperazine rings is 1. The number of nitrogens with zero attached hydrogens (tertiary/aromatic N) is 2. The molecule has 3 rings (SSSR count). The molecule has 2 fully saturated rings.